The van der Waals surface area contributed by atoms with Gasteiger partial charge in [-0.3, -0.25) is 9.59 Å². The van der Waals surface area contributed by atoms with E-state index in [1.54, 1.807) is 0 Å². The smallest absolute Gasteiger partial charge is 0.305 e. The van der Waals surface area contributed by atoms with Crippen LogP contribution in [0.25, 0.3) is 0 Å². The topological polar surface area (TPSA) is 115 Å². The number of aliphatic hydroxyl groups is 2. The Balaban J connectivity index is 0. The molecule has 0 aromatic rings. The maximum Gasteiger partial charge on any atom is 0.305 e. The Labute approximate surface area is 75.4 Å². The summed E-state index contributed by atoms with van der Waals surface area (Å²) < 4.78 is 0. The summed E-state index contributed by atoms with van der Waals surface area (Å²) in [4.78, 5) is 19.1. The Morgan fingerprint density at radius 3 is 1.38 bits per heavy atom. The highest BCUT2D eigenvalue weighted by atomic mass is 16.4. The van der Waals surface area contributed by atoms with Gasteiger partial charge in [-0.2, -0.15) is 0 Å². The van der Waals surface area contributed by atoms with E-state index >= 15 is 0 Å². The van der Waals surface area contributed by atoms with Crippen LogP contribution in [0.15, 0.2) is 0 Å². The quantitative estimate of drug-likeness (QED) is 0.460. The summed E-state index contributed by atoms with van der Waals surface area (Å²) in [5.41, 5.74) is 0. The number of hydrogen-bond donors (Lipinski definition) is 4. The number of carboxylic acids is 2. The van der Waals surface area contributed by atoms with Gasteiger partial charge < -0.3 is 20.4 Å². The molecule has 0 saturated heterocycles. The normalized spacial score (nSPS) is 8.46. The van der Waals surface area contributed by atoms with Crippen LogP contribution >= 0.6 is 0 Å². The average molecular weight is 194 g/mol. The number of rotatable bonds is 5. The minimum Gasteiger partial charge on any atom is -0.481 e. The van der Waals surface area contributed by atoms with Crippen LogP contribution < -0.4 is 0 Å². The number of aliphatic carboxylic acids is 2. The second-order valence-electron chi connectivity index (χ2n) is 2.09. The number of aliphatic hydroxyl groups excluding tert-OH is 2. The molecule has 0 saturated carbocycles. The lowest BCUT2D eigenvalue weighted by Gasteiger charge is -1.85. The summed E-state index contributed by atoms with van der Waals surface area (Å²) in [6, 6.07) is 0. The summed E-state index contributed by atoms with van der Waals surface area (Å²) >= 11 is 0. The lowest BCUT2D eigenvalue weighted by molar-refractivity contribution is -0.138. The highest BCUT2D eigenvalue weighted by Gasteiger charge is 1.91. The van der Waals surface area contributed by atoms with E-state index in [4.69, 9.17) is 20.4 Å². The average Bonchev–Trinajstić information content (AvgIpc) is 2.01. The fourth-order valence-corrected chi connectivity index (χ4v) is 0.326. The van der Waals surface area contributed by atoms with Gasteiger partial charge in [0.05, 0.1) is 13.0 Å². The summed E-state index contributed by atoms with van der Waals surface area (Å²) in [6.07, 6.45) is 0.270. The van der Waals surface area contributed by atoms with Crippen LogP contribution in [-0.4, -0.2) is 45.6 Å². The van der Waals surface area contributed by atoms with Crippen molar-refractivity contribution in [1.82, 2.24) is 0 Å². The van der Waals surface area contributed by atoms with Crippen LogP contribution in [0.4, 0.5) is 0 Å². The Hall–Kier alpha value is -1.14. The van der Waals surface area contributed by atoms with Crippen molar-refractivity contribution in [3.8, 4) is 0 Å². The molecule has 0 rings (SSSR count). The molecule has 0 aliphatic carbocycles. The van der Waals surface area contributed by atoms with E-state index in [-0.39, 0.29) is 26.1 Å². The van der Waals surface area contributed by atoms with E-state index < -0.39 is 11.9 Å². The van der Waals surface area contributed by atoms with Gasteiger partial charge in [-0.1, -0.05) is 0 Å². The van der Waals surface area contributed by atoms with Gasteiger partial charge in [0, 0.05) is 13.0 Å². The van der Waals surface area contributed by atoms with Crippen molar-refractivity contribution < 1.29 is 30.0 Å². The molecule has 0 unspecified atom stereocenters. The Kier molecular flexibility index (Phi) is 12.0. The number of hydrogen-bond acceptors (Lipinski definition) is 4. The second-order valence-corrected chi connectivity index (χ2v) is 2.09. The molecule has 0 aliphatic heterocycles. The van der Waals surface area contributed by atoms with Crippen LogP contribution in [0.3, 0.4) is 0 Å². The van der Waals surface area contributed by atoms with E-state index in [0.717, 1.165) is 0 Å². The van der Waals surface area contributed by atoms with Gasteiger partial charge >= 0.3 is 11.9 Å². The van der Waals surface area contributed by atoms with E-state index in [2.05, 4.69) is 0 Å². The summed E-state index contributed by atoms with van der Waals surface area (Å²) in [5.74, 6) is -1.81. The first-order chi connectivity index (χ1) is 6.04. The van der Waals surface area contributed by atoms with Crippen molar-refractivity contribution in [2.75, 3.05) is 13.2 Å². The van der Waals surface area contributed by atoms with Gasteiger partial charge in [0.1, 0.15) is 0 Å². The first kappa shape index (κ1) is 14.4. The Morgan fingerprint density at radius 1 is 0.846 bits per heavy atom. The van der Waals surface area contributed by atoms with E-state index in [9.17, 15) is 9.59 Å². The predicted octanol–water partition coefficient (Wildman–Crippen LogP) is -0.703. The fourth-order valence-electron chi connectivity index (χ4n) is 0.326. The van der Waals surface area contributed by atoms with Crippen molar-refractivity contribution in [3.63, 3.8) is 0 Å². The molecule has 0 radical (unpaired) electrons. The second kappa shape index (κ2) is 10.9. The molecule has 0 aliphatic rings. The maximum atomic E-state index is 9.65. The minimum atomic E-state index is -0.961. The molecule has 13 heavy (non-hydrogen) atoms. The number of carboxylic acid groups (broad SMARTS) is 2. The van der Waals surface area contributed by atoms with Crippen LogP contribution in [0.5, 0.6) is 0 Å². The molecule has 0 bridgehead atoms. The van der Waals surface area contributed by atoms with Crippen LogP contribution in [0, 0.1) is 0 Å². The third-order valence-electron chi connectivity index (χ3n) is 0.874. The summed E-state index contributed by atoms with van der Waals surface area (Å²) in [5, 5.41) is 31.6. The highest BCUT2D eigenvalue weighted by molar-refractivity contribution is 5.66. The van der Waals surface area contributed by atoms with Gasteiger partial charge in [0.2, 0.25) is 0 Å². The zero-order valence-corrected chi connectivity index (χ0v) is 7.14. The lowest BCUT2D eigenvalue weighted by Crippen LogP contribution is -1.96. The predicted molar refractivity (Wildman–Crippen MR) is 43.3 cm³/mol. The van der Waals surface area contributed by atoms with Crippen molar-refractivity contribution in [2.24, 2.45) is 0 Å². The molecular formula is C7H14O6. The molecule has 0 spiro atoms. The van der Waals surface area contributed by atoms with Crippen molar-refractivity contribution in [1.29, 1.82) is 0 Å². The van der Waals surface area contributed by atoms with Gasteiger partial charge in [0.15, 0.2) is 0 Å². The summed E-state index contributed by atoms with van der Waals surface area (Å²) in [7, 11) is 0. The van der Waals surface area contributed by atoms with E-state index in [0.29, 0.717) is 6.42 Å². The molecular weight excluding hydrogens is 180 g/mol. The molecule has 6 heteroatoms. The zero-order chi connectivity index (χ0) is 10.7. The first-order valence-corrected chi connectivity index (χ1v) is 3.70. The zero-order valence-electron chi connectivity index (χ0n) is 7.14. The van der Waals surface area contributed by atoms with Crippen LogP contribution in [-0.2, 0) is 9.59 Å². The van der Waals surface area contributed by atoms with Gasteiger partial charge in [-0.25, -0.2) is 0 Å². The SMILES string of the molecule is O=C(O)CCCO.O=C(O)CCO. The third kappa shape index (κ3) is 24.8. The molecule has 0 amide bonds. The molecule has 0 aromatic carbocycles. The maximum absolute atomic E-state index is 9.65. The first-order valence-electron chi connectivity index (χ1n) is 3.70. The Morgan fingerprint density at radius 2 is 1.31 bits per heavy atom. The van der Waals surface area contributed by atoms with Crippen molar-refractivity contribution >= 4 is 11.9 Å². The monoisotopic (exact) mass is 194 g/mol. The largest absolute Gasteiger partial charge is 0.481 e. The van der Waals surface area contributed by atoms with Gasteiger partial charge in [0.25, 0.3) is 0 Å². The molecule has 78 valence electrons. The summed E-state index contributed by atoms with van der Waals surface area (Å²) in [6.45, 7) is -0.304. The van der Waals surface area contributed by atoms with Crippen LogP contribution in [0.1, 0.15) is 19.3 Å². The molecule has 4 N–H and O–H groups in total. The third-order valence-corrected chi connectivity index (χ3v) is 0.874. The fraction of sp³-hybridized carbons (Fsp3) is 0.714. The van der Waals surface area contributed by atoms with Gasteiger partial charge in [-0.05, 0) is 6.42 Å². The minimum absolute atomic E-state index is 0.0354. The van der Waals surface area contributed by atoms with Crippen molar-refractivity contribution in [3.05, 3.63) is 0 Å². The van der Waals surface area contributed by atoms with Gasteiger partial charge in [-0.15, -0.1) is 0 Å². The Bertz CT molecular complexity index is 144. The highest BCUT2D eigenvalue weighted by Crippen LogP contribution is 1.83. The molecule has 0 fully saturated rings. The molecule has 0 heterocycles. The van der Waals surface area contributed by atoms with E-state index in [1.807, 2.05) is 0 Å². The van der Waals surface area contributed by atoms with Crippen molar-refractivity contribution in [2.45, 2.75) is 19.3 Å². The lowest BCUT2D eigenvalue weighted by atomic mass is 10.3. The van der Waals surface area contributed by atoms with E-state index in [1.165, 1.54) is 0 Å². The molecule has 0 aromatic heterocycles. The molecule has 6 nitrogen and oxygen atoms in total. The van der Waals surface area contributed by atoms with Crippen LogP contribution in [0.2, 0.25) is 0 Å². The number of carbonyl (C=O) groups is 2. The standard InChI is InChI=1S/C4H8O3.C3H6O3/c5-3-1-2-4(6)7;4-2-1-3(5)6/h5H,1-3H2,(H,6,7);4H,1-2H2,(H,5,6). The molecule has 0 atom stereocenters.